The summed E-state index contributed by atoms with van der Waals surface area (Å²) in [5, 5.41) is 11.0. The maximum Gasteiger partial charge on any atom is 0.279 e. The summed E-state index contributed by atoms with van der Waals surface area (Å²) in [6, 6.07) is 13.1. The molecule has 4 rings (SSSR count). The molecule has 1 amide bonds. The number of rotatable bonds is 2. The number of halogens is 1. The van der Waals surface area contributed by atoms with Crippen LogP contribution >= 0.6 is 15.9 Å². The minimum Gasteiger partial charge on any atom is -0.327 e. The van der Waals surface area contributed by atoms with Crippen molar-refractivity contribution in [3.63, 3.8) is 0 Å². The highest BCUT2D eigenvalue weighted by Gasteiger charge is 2.22. The van der Waals surface area contributed by atoms with Gasteiger partial charge in [0.2, 0.25) is 0 Å². The van der Waals surface area contributed by atoms with Gasteiger partial charge in [-0.15, -0.1) is 0 Å². The Labute approximate surface area is 168 Å². The van der Waals surface area contributed by atoms with Crippen LogP contribution in [0, 0.1) is 10.1 Å². The number of nitro groups is 1. The van der Waals surface area contributed by atoms with E-state index >= 15 is 0 Å². The summed E-state index contributed by atoms with van der Waals surface area (Å²) in [7, 11) is 0. The molecule has 0 N–H and O–H groups in total. The topological polar surface area (TPSA) is 88.2 Å². The van der Waals surface area contributed by atoms with E-state index in [-0.39, 0.29) is 17.1 Å². The van der Waals surface area contributed by atoms with Crippen molar-refractivity contribution < 1.29 is 9.72 Å². The highest BCUT2D eigenvalue weighted by atomic mass is 79.9. The number of fused-ring (bicyclic) bond motifs is 2. The Hall–Kier alpha value is -3.39. The molecule has 0 spiro atoms. The van der Waals surface area contributed by atoms with Gasteiger partial charge < -0.3 is 4.90 Å². The van der Waals surface area contributed by atoms with Gasteiger partial charge in [-0.05, 0) is 39.7 Å². The van der Waals surface area contributed by atoms with Crippen molar-refractivity contribution in [2.75, 3.05) is 0 Å². The van der Waals surface area contributed by atoms with E-state index in [0.717, 1.165) is 15.6 Å². The third-order valence-electron chi connectivity index (χ3n) is 4.30. The average Bonchev–Trinajstić information content (AvgIpc) is 2.84. The van der Waals surface area contributed by atoms with Gasteiger partial charge in [-0.2, -0.15) is 4.99 Å². The molecule has 0 aromatic heterocycles. The number of aliphatic imine (C=N–C) groups is 2. The molecule has 28 heavy (non-hydrogen) atoms. The Morgan fingerprint density at radius 1 is 1.18 bits per heavy atom. The van der Waals surface area contributed by atoms with Crippen LogP contribution in [0.4, 0.5) is 5.69 Å². The number of carbonyl (C=O) groups is 1. The number of carbonyl (C=O) groups excluding carboxylic acids is 1. The van der Waals surface area contributed by atoms with Gasteiger partial charge in [-0.25, -0.2) is 4.99 Å². The first-order valence-corrected chi connectivity index (χ1v) is 9.17. The summed E-state index contributed by atoms with van der Waals surface area (Å²) in [4.78, 5) is 33.9. The first-order valence-electron chi connectivity index (χ1n) is 8.38. The molecule has 7 nitrogen and oxygen atoms in total. The monoisotopic (exact) mass is 436 g/mol. The van der Waals surface area contributed by atoms with E-state index in [1.54, 1.807) is 0 Å². The smallest absolute Gasteiger partial charge is 0.279 e. The van der Waals surface area contributed by atoms with Gasteiger partial charge in [0.05, 0.1) is 4.92 Å². The Bertz CT molecular complexity index is 1120. The second-order valence-corrected chi connectivity index (χ2v) is 7.07. The van der Waals surface area contributed by atoms with Crippen molar-refractivity contribution in [1.82, 2.24) is 4.90 Å². The van der Waals surface area contributed by atoms with Crippen LogP contribution in [0.2, 0.25) is 0 Å². The molecule has 2 aliphatic heterocycles. The minimum atomic E-state index is -0.581. The van der Waals surface area contributed by atoms with Crippen LogP contribution in [-0.2, 0) is 6.54 Å². The van der Waals surface area contributed by atoms with E-state index in [1.165, 1.54) is 24.3 Å². The summed E-state index contributed by atoms with van der Waals surface area (Å²) >= 11 is 3.46. The first kappa shape index (κ1) is 18.0. The molecular weight excluding hydrogens is 424 g/mol. The molecule has 2 heterocycles. The zero-order valence-electron chi connectivity index (χ0n) is 14.4. The number of hydrogen-bond acceptors (Lipinski definition) is 4. The number of nitrogens with zero attached hydrogens (tertiary/aromatic N) is 4. The Morgan fingerprint density at radius 2 is 2.00 bits per heavy atom. The lowest BCUT2D eigenvalue weighted by molar-refractivity contribution is -0.384. The van der Waals surface area contributed by atoms with E-state index in [0.29, 0.717) is 12.4 Å². The van der Waals surface area contributed by atoms with Crippen LogP contribution < -0.4 is 0 Å². The van der Waals surface area contributed by atoms with Gasteiger partial charge in [0.15, 0.2) is 5.84 Å². The van der Waals surface area contributed by atoms with Crippen LogP contribution in [0.1, 0.15) is 21.5 Å². The zero-order chi connectivity index (χ0) is 19.7. The Morgan fingerprint density at radius 3 is 2.82 bits per heavy atom. The molecule has 0 aliphatic carbocycles. The Balaban J connectivity index is 1.80. The van der Waals surface area contributed by atoms with E-state index in [2.05, 4.69) is 25.9 Å². The van der Waals surface area contributed by atoms with Gasteiger partial charge in [0, 0.05) is 40.5 Å². The number of nitro benzene ring substituents is 1. The van der Waals surface area contributed by atoms with Crippen molar-refractivity contribution in [2.45, 2.75) is 6.54 Å². The molecule has 0 fully saturated rings. The largest absolute Gasteiger partial charge is 0.327 e. The number of non-ortho nitro benzene ring substituents is 1. The van der Waals surface area contributed by atoms with E-state index in [1.807, 2.05) is 47.5 Å². The lowest BCUT2D eigenvalue weighted by Crippen LogP contribution is -2.24. The zero-order valence-corrected chi connectivity index (χ0v) is 16.0. The van der Waals surface area contributed by atoms with Gasteiger partial charge >= 0.3 is 0 Å². The summed E-state index contributed by atoms with van der Waals surface area (Å²) in [6.07, 6.45) is 5.62. The van der Waals surface area contributed by atoms with Crippen LogP contribution in [0.15, 0.2) is 81.4 Å². The van der Waals surface area contributed by atoms with Gasteiger partial charge in [-0.1, -0.05) is 30.3 Å². The molecule has 0 bridgehead atoms. The highest BCUT2D eigenvalue weighted by molar-refractivity contribution is 9.11. The molecule has 2 aliphatic rings. The molecule has 0 saturated carbocycles. The van der Waals surface area contributed by atoms with Gasteiger partial charge in [0.1, 0.15) is 5.84 Å². The maximum atomic E-state index is 12.7. The third-order valence-corrected chi connectivity index (χ3v) is 4.76. The molecule has 2 aromatic rings. The van der Waals surface area contributed by atoms with Crippen molar-refractivity contribution in [1.29, 1.82) is 0 Å². The van der Waals surface area contributed by atoms with Crippen molar-refractivity contribution in [3.05, 3.63) is 98.2 Å². The maximum absolute atomic E-state index is 12.7. The van der Waals surface area contributed by atoms with Gasteiger partial charge in [-0.3, -0.25) is 14.9 Å². The molecule has 0 atom stereocenters. The summed E-state index contributed by atoms with van der Waals surface area (Å²) in [6.45, 7) is 0.582. The molecule has 0 radical (unpaired) electrons. The number of amidine groups is 2. The van der Waals surface area contributed by atoms with Crippen LogP contribution in [0.3, 0.4) is 0 Å². The first-order chi connectivity index (χ1) is 13.5. The second-order valence-electron chi connectivity index (χ2n) is 6.15. The summed E-state index contributed by atoms with van der Waals surface area (Å²) in [5.41, 5.74) is 1.71. The second kappa shape index (κ2) is 7.32. The molecule has 138 valence electrons. The van der Waals surface area contributed by atoms with Crippen molar-refractivity contribution >= 4 is 39.2 Å². The molecular formula is C20H13BrN4O3. The quantitative estimate of drug-likeness (QED) is 0.521. The number of allylic oxidation sites excluding steroid dienone is 2. The Kier molecular flexibility index (Phi) is 4.70. The minimum absolute atomic E-state index is 0.141. The standard InChI is InChI=1S/C20H13BrN4O3/c21-15-8-9-18-22-19(17-7-2-1-4-14(17)11-24(18)12-15)23-20(26)13-5-3-6-16(10-13)25(27)28/h1-10,12H,11H2. The number of hydrogen-bond donors (Lipinski definition) is 0. The summed E-state index contributed by atoms with van der Waals surface area (Å²) < 4.78 is 0.914. The van der Waals surface area contributed by atoms with Crippen LogP contribution in [-0.4, -0.2) is 27.4 Å². The summed E-state index contributed by atoms with van der Waals surface area (Å²) in [5.74, 6) is 0.355. The highest BCUT2D eigenvalue weighted by Crippen LogP contribution is 2.24. The fourth-order valence-electron chi connectivity index (χ4n) is 2.96. The molecule has 0 saturated heterocycles. The fraction of sp³-hybridized carbons (Fsp3) is 0.0500. The average molecular weight is 437 g/mol. The fourth-order valence-corrected chi connectivity index (χ4v) is 3.34. The predicted octanol–water partition coefficient (Wildman–Crippen LogP) is 4.20. The van der Waals surface area contributed by atoms with E-state index in [9.17, 15) is 14.9 Å². The van der Waals surface area contributed by atoms with Crippen molar-refractivity contribution in [3.8, 4) is 0 Å². The third kappa shape index (κ3) is 3.54. The lowest BCUT2D eigenvalue weighted by atomic mass is 10.1. The van der Waals surface area contributed by atoms with Crippen LogP contribution in [0.5, 0.6) is 0 Å². The molecule has 0 unspecified atom stereocenters. The predicted molar refractivity (Wildman–Crippen MR) is 110 cm³/mol. The number of amides is 1. The van der Waals surface area contributed by atoms with E-state index < -0.39 is 10.8 Å². The normalized spacial score (nSPS) is 16.6. The van der Waals surface area contributed by atoms with Crippen molar-refractivity contribution in [2.24, 2.45) is 9.98 Å². The molecule has 2 aromatic carbocycles. The number of benzene rings is 2. The molecule has 8 heteroatoms. The lowest BCUT2D eigenvalue weighted by Gasteiger charge is -2.21. The van der Waals surface area contributed by atoms with Crippen LogP contribution in [0.25, 0.3) is 0 Å². The van der Waals surface area contributed by atoms with Gasteiger partial charge in [0.25, 0.3) is 11.6 Å². The van der Waals surface area contributed by atoms with E-state index in [4.69, 9.17) is 0 Å². The SMILES string of the molecule is O=C(N=C1N=C2C=CC(Br)=CN2Cc2ccccc21)c1cccc([N+](=O)[O-])c1.